The van der Waals surface area contributed by atoms with Crippen molar-refractivity contribution in [1.29, 1.82) is 0 Å². The lowest BCUT2D eigenvalue weighted by molar-refractivity contribution is 0.0884. The van der Waals surface area contributed by atoms with Gasteiger partial charge in [-0.2, -0.15) is 0 Å². The molecular formula is C15H25FN2O2. The van der Waals surface area contributed by atoms with Gasteiger partial charge in [0.15, 0.2) is 0 Å². The van der Waals surface area contributed by atoms with Crippen molar-refractivity contribution in [1.82, 2.24) is 5.32 Å². The molecule has 0 fully saturated rings. The normalized spacial score (nSPS) is 11.7. The maximum Gasteiger partial charge on any atom is 0.146 e. The van der Waals surface area contributed by atoms with Gasteiger partial charge in [0.1, 0.15) is 5.82 Å². The molecule has 1 aromatic rings. The van der Waals surface area contributed by atoms with Gasteiger partial charge >= 0.3 is 0 Å². The number of halogens is 1. The lowest BCUT2D eigenvalue weighted by Crippen LogP contribution is -2.37. The van der Waals surface area contributed by atoms with E-state index in [4.69, 9.17) is 4.74 Å². The van der Waals surface area contributed by atoms with E-state index < -0.39 is 5.60 Å². The third kappa shape index (κ3) is 5.45. The molecule has 1 aromatic carbocycles. The maximum absolute atomic E-state index is 14.1. The Balaban J connectivity index is 2.82. The molecule has 4 nitrogen and oxygen atoms in total. The smallest absolute Gasteiger partial charge is 0.146 e. The first-order valence-electron chi connectivity index (χ1n) is 6.75. The van der Waals surface area contributed by atoms with Crippen molar-refractivity contribution < 1.29 is 14.2 Å². The van der Waals surface area contributed by atoms with Crippen molar-refractivity contribution in [2.45, 2.75) is 26.0 Å². The zero-order valence-corrected chi connectivity index (χ0v) is 12.7. The molecule has 0 aliphatic rings. The number of aliphatic hydroxyl groups is 1. The number of nitrogens with one attached hydrogen (secondary N) is 1. The van der Waals surface area contributed by atoms with E-state index >= 15 is 0 Å². The van der Waals surface area contributed by atoms with Gasteiger partial charge in [0.2, 0.25) is 0 Å². The number of hydrogen-bond acceptors (Lipinski definition) is 4. The van der Waals surface area contributed by atoms with Crippen molar-refractivity contribution in [3.05, 3.63) is 29.6 Å². The van der Waals surface area contributed by atoms with E-state index in [0.717, 1.165) is 5.56 Å². The molecule has 0 spiro atoms. The Hall–Kier alpha value is -1.17. The van der Waals surface area contributed by atoms with Crippen LogP contribution in [-0.2, 0) is 11.3 Å². The molecule has 0 saturated heterocycles. The van der Waals surface area contributed by atoms with Gasteiger partial charge in [-0.25, -0.2) is 4.39 Å². The van der Waals surface area contributed by atoms with Crippen LogP contribution in [0.15, 0.2) is 18.2 Å². The van der Waals surface area contributed by atoms with Gasteiger partial charge in [0.05, 0.1) is 17.9 Å². The van der Waals surface area contributed by atoms with Gasteiger partial charge in [0, 0.05) is 33.8 Å². The van der Waals surface area contributed by atoms with Crippen LogP contribution in [0.4, 0.5) is 10.1 Å². The van der Waals surface area contributed by atoms with Crippen molar-refractivity contribution in [2.75, 3.05) is 38.8 Å². The highest BCUT2D eigenvalue weighted by Gasteiger charge is 2.20. The van der Waals surface area contributed by atoms with Crippen LogP contribution in [0.3, 0.4) is 0 Å². The summed E-state index contributed by atoms with van der Waals surface area (Å²) in [7, 11) is 3.43. The number of para-hydroxylation sites is 1. The lowest BCUT2D eigenvalue weighted by atomic mass is 10.1. The third-order valence-electron chi connectivity index (χ3n) is 2.87. The summed E-state index contributed by atoms with van der Waals surface area (Å²) >= 11 is 0. The molecule has 0 atom stereocenters. The van der Waals surface area contributed by atoms with E-state index in [2.05, 4.69) is 5.32 Å². The van der Waals surface area contributed by atoms with E-state index in [-0.39, 0.29) is 5.82 Å². The predicted molar refractivity (Wildman–Crippen MR) is 79.6 cm³/mol. The zero-order valence-electron chi connectivity index (χ0n) is 12.7. The van der Waals surface area contributed by atoms with Crippen LogP contribution in [0, 0.1) is 5.82 Å². The monoisotopic (exact) mass is 284 g/mol. The summed E-state index contributed by atoms with van der Waals surface area (Å²) in [5, 5.41) is 13.1. The fourth-order valence-corrected chi connectivity index (χ4v) is 2.19. The predicted octanol–water partition coefficient (Wildman–Crippen LogP) is 1.77. The first-order chi connectivity index (χ1) is 9.35. The molecule has 1 rings (SSSR count). The van der Waals surface area contributed by atoms with Crippen molar-refractivity contribution in [2.24, 2.45) is 0 Å². The highest BCUT2D eigenvalue weighted by Crippen LogP contribution is 2.24. The number of hydrogen-bond donors (Lipinski definition) is 2. The molecule has 0 aliphatic carbocycles. The molecule has 2 N–H and O–H groups in total. The number of methoxy groups -OCH3 is 1. The number of ether oxygens (including phenoxy) is 1. The first kappa shape index (κ1) is 16.9. The van der Waals surface area contributed by atoms with Gasteiger partial charge in [-0.05, 0) is 25.5 Å². The first-order valence-corrected chi connectivity index (χ1v) is 6.75. The summed E-state index contributed by atoms with van der Waals surface area (Å²) in [6, 6.07) is 5.03. The number of anilines is 1. The van der Waals surface area contributed by atoms with Crippen molar-refractivity contribution >= 4 is 5.69 Å². The molecule has 0 aromatic heterocycles. The van der Waals surface area contributed by atoms with Gasteiger partial charge in [-0.15, -0.1) is 0 Å². The largest absolute Gasteiger partial charge is 0.389 e. The van der Waals surface area contributed by atoms with Crippen molar-refractivity contribution in [3.63, 3.8) is 0 Å². The van der Waals surface area contributed by atoms with Crippen LogP contribution in [0.2, 0.25) is 0 Å². The molecule has 0 aliphatic heterocycles. The third-order valence-corrected chi connectivity index (χ3v) is 2.87. The Bertz CT molecular complexity index is 419. The number of benzene rings is 1. The fourth-order valence-electron chi connectivity index (χ4n) is 2.19. The van der Waals surface area contributed by atoms with E-state index in [9.17, 15) is 9.50 Å². The molecule has 0 radical (unpaired) electrons. The topological polar surface area (TPSA) is 44.7 Å². The van der Waals surface area contributed by atoms with Gasteiger partial charge in [0.25, 0.3) is 0 Å². The van der Waals surface area contributed by atoms with Crippen LogP contribution in [0.5, 0.6) is 0 Å². The van der Waals surface area contributed by atoms with E-state index in [0.29, 0.717) is 31.9 Å². The Morgan fingerprint density at radius 1 is 1.40 bits per heavy atom. The standard InChI is InChI=1S/C15H25FN2O2/c1-15(2,19)11-18(3)14-12(6-5-7-13(14)16)10-17-8-9-20-4/h5-7,17,19H,8-11H2,1-4H3. The lowest BCUT2D eigenvalue weighted by Gasteiger charge is -2.29. The Kier molecular flexibility index (Phi) is 6.39. The van der Waals surface area contributed by atoms with Crippen LogP contribution >= 0.6 is 0 Å². The molecular weight excluding hydrogens is 259 g/mol. The minimum absolute atomic E-state index is 0.275. The second-order valence-corrected chi connectivity index (χ2v) is 5.59. The number of rotatable bonds is 8. The highest BCUT2D eigenvalue weighted by molar-refractivity contribution is 5.54. The van der Waals surface area contributed by atoms with Crippen LogP contribution in [0.25, 0.3) is 0 Å². The molecule has 0 bridgehead atoms. The van der Waals surface area contributed by atoms with E-state index in [1.165, 1.54) is 6.07 Å². The average Bonchev–Trinajstić information content (AvgIpc) is 2.32. The Labute approximate surface area is 120 Å². The SMILES string of the molecule is COCCNCc1cccc(F)c1N(C)CC(C)(C)O. The summed E-state index contributed by atoms with van der Waals surface area (Å²) in [6.07, 6.45) is 0. The molecule has 0 saturated carbocycles. The van der Waals surface area contributed by atoms with Gasteiger partial charge < -0.3 is 20.1 Å². The quantitative estimate of drug-likeness (QED) is 0.714. The summed E-state index contributed by atoms with van der Waals surface area (Å²) in [4.78, 5) is 1.75. The van der Waals surface area contributed by atoms with Crippen LogP contribution < -0.4 is 10.2 Å². The second kappa shape index (κ2) is 7.57. The summed E-state index contributed by atoms with van der Waals surface area (Å²) in [5.41, 5.74) is 0.519. The van der Waals surface area contributed by atoms with Gasteiger partial charge in [-0.1, -0.05) is 12.1 Å². The molecule has 0 amide bonds. The molecule has 20 heavy (non-hydrogen) atoms. The van der Waals surface area contributed by atoms with Crippen LogP contribution in [0.1, 0.15) is 19.4 Å². The minimum Gasteiger partial charge on any atom is -0.389 e. The molecule has 0 heterocycles. The Morgan fingerprint density at radius 2 is 2.10 bits per heavy atom. The van der Waals surface area contributed by atoms with Crippen molar-refractivity contribution in [3.8, 4) is 0 Å². The maximum atomic E-state index is 14.1. The van der Waals surface area contributed by atoms with E-state index in [1.807, 2.05) is 6.07 Å². The molecule has 114 valence electrons. The Morgan fingerprint density at radius 3 is 2.70 bits per heavy atom. The van der Waals surface area contributed by atoms with Gasteiger partial charge in [-0.3, -0.25) is 0 Å². The summed E-state index contributed by atoms with van der Waals surface area (Å²) < 4.78 is 19.0. The van der Waals surface area contributed by atoms with E-state index in [1.54, 1.807) is 39.0 Å². The van der Waals surface area contributed by atoms with Crippen LogP contribution in [-0.4, -0.2) is 44.6 Å². The summed E-state index contributed by atoms with van der Waals surface area (Å²) in [6.45, 7) is 5.67. The number of nitrogens with zero attached hydrogens (tertiary/aromatic N) is 1. The highest BCUT2D eigenvalue weighted by atomic mass is 19.1. The zero-order chi connectivity index (χ0) is 15.2. The molecule has 0 unspecified atom stereocenters. The summed E-state index contributed by atoms with van der Waals surface area (Å²) in [5.74, 6) is -0.275. The number of likely N-dealkylation sites (N-methyl/N-ethyl adjacent to an activating group) is 1. The second-order valence-electron chi connectivity index (χ2n) is 5.59. The fraction of sp³-hybridized carbons (Fsp3) is 0.600. The molecule has 5 heteroatoms. The minimum atomic E-state index is -0.877. The average molecular weight is 284 g/mol.